The Morgan fingerprint density at radius 3 is 2.60 bits per heavy atom. The normalized spacial score (nSPS) is 34.9. The highest BCUT2D eigenvalue weighted by Gasteiger charge is 2.67. The van der Waals surface area contributed by atoms with Crippen molar-refractivity contribution in [3.8, 4) is 0 Å². The fourth-order valence-electron chi connectivity index (χ4n) is 6.72. The lowest BCUT2D eigenvalue weighted by atomic mass is 9.77. The van der Waals surface area contributed by atoms with Gasteiger partial charge >= 0.3 is 0 Å². The van der Waals surface area contributed by atoms with E-state index < -0.39 is 11.3 Å². The second-order valence-corrected chi connectivity index (χ2v) is 9.36. The van der Waals surface area contributed by atoms with Crippen LogP contribution < -0.4 is 4.90 Å². The molecule has 0 radical (unpaired) electrons. The van der Waals surface area contributed by atoms with Crippen LogP contribution in [-0.4, -0.2) is 73.3 Å². The number of benzene rings is 1. The number of likely N-dealkylation sites (tertiary alicyclic amines) is 1. The van der Waals surface area contributed by atoms with Crippen LogP contribution >= 0.6 is 0 Å². The average molecular weight is 412 g/mol. The number of hydrogen-bond acceptors (Lipinski definition) is 5. The molecular formula is C23H29N3O4. The van der Waals surface area contributed by atoms with Crippen LogP contribution in [0.2, 0.25) is 0 Å². The minimum absolute atomic E-state index is 0.0578. The zero-order valence-electron chi connectivity index (χ0n) is 17.5. The summed E-state index contributed by atoms with van der Waals surface area (Å²) in [7, 11) is 1.85. The molecule has 0 bridgehead atoms. The number of ether oxygens (including phenoxy) is 2. The summed E-state index contributed by atoms with van der Waals surface area (Å²) in [5.74, 6) is -0.654. The third-order valence-corrected chi connectivity index (χ3v) is 8.10. The Kier molecular flexibility index (Phi) is 4.08. The second-order valence-electron chi connectivity index (χ2n) is 9.36. The van der Waals surface area contributed by atoms with E-state index in [1.807, 2.05) is 30.1 Å². The topological polar surface area (TPSA) is 62.3 Å². The molecule has 2 spiro atoms. The van der Waals surface area contributed by atoms with E-state index in [2.05, 4.69) is 11.0 Å². The monoisotopic (exact) mass is 411 g/mol. The lowest BCUT2D eigenvalue weighted by Gasteiger charge is -2.42. The van der Waals surface area contributed by atoms with Crippen LogP contribution in [0.3, 0.4) is 0 Å². The maximum atomic E-state index is 13.9. The van der Waals surface area contributed by atoms with Gasteiger partial charge in [0.1, 0.15) is 5.54 Å². The number of rotatable bonds is 1. The molecule has 160 valence electrons. The van der Waals surface area contributed by atoms with Gasteiger partial charge in [-0.2, -0.15) is 0 Å². The van der Waals surface area contributed by atoms with Crippen molar-refractivity contribution in [2.45, 2.75) is 49.5 Å². The predicted molar refractivity (Wildman–Crippen MR) is 110 cm³/mol. The quantitative estimate of drug-likeness (QED) is 0.704. The lowest BCUT2D eigenvalue weighted by molar-refractivity contribution is -0.189. The van der Waals surface area contributed by atoms with Crippen molar-refractivity contribution in [2.24, 2.45) is 5.92 Å². The van der Waals surface area contributed by atoms with Crippen LogP contribution in [0, 0.1) is 5.92 Å². The van der Waals surface area contributed by atoms with Crippen LogP contribution in [0.25, 0.3) is 0 Å². The molecule has 7 heteroatoms. The molecule has 1 aromatic rings. The molecule has 7 nitrogen and oxygen atoms in total. The number of likely N-dealkylation sites (N-methyl/N-ethyl adjacent to an activating group) is 1. The first-order chi connectivity index (χ1) is 14.6. The van der Waals surface area contributed by atoms with Crippen LogP contribution in [0.4, 0.5) is 5.69 Å². The molecule has 1 aromatic carbocycles. The molecule has 5 aliphatic heterocycles. The number of anilines is 1. The largest absolute Gasteiger partial charge is 0.347 e. The SMILES string of the molecule is CN1C(=O)C2(c3ccccc31)C(C(=O)N1CCC3(CC1)OCCO3)CC1CCCN12. The van der Waals surface area contributed by atoms with Gasteiger partial charge in [-0.15, -0.1) is 0 Å². The van der Waals surface area contributed by atoms with E-state index in [0.29, 0.717) is 45.2 Å². The van der Waals surface area contributed by atoms with Crippen molar-refractivity contribution in [3.05, 3.63) is 29.8 Å². The highest BCUT2D eigenvalue weighted by atomic mass is 16.7. The minimum Gasteiger partial charge on any atom is -0.347 e. The van der Waals surface area contributed by atoms with Gasteiger partial charge in [0.2, 0.25) is 5.91 Å². The number of carbonyl (C=O) groups excluding carboxylic acids is 2. The molecule has 2 amide bonds. The molecule has 3 unspecified atom stereocenters. The van der Waals surface area contributed by atoms with Crippen molar-refractivity contribution in [1.29, 1.82) is 0 Å². The molecule has 0 aromatic heterocycles. The summed E-state index contributed by atoms with van der Waals surface area (Å²) < 4.78 is 11.7. The molecule has 5 heterocycles. The van der Waals surface area contributed by atoms with Crippen molar-refractivity contribution < 1.29 is 19.1 Å². The molecule has 0 aliphatic carbocycles. The summed E-state index contributed by atoms with van der Waals surface area (Å²) in [6, 6.07) is 8.34. The van der Waals surface area contributed by atoms with E-state index in [4.69, 9.17) is 9.47 Å². The summed E-state index contributed by atoms with van der Waals surface area (Å²) >= 11 is 0. The number of piperidine rings is 1. The molecule has 30 heavy (non-hydrogen) atoms. The van der Waals surface area contributed by atoms with Gasteiger partial charge in [-0.25, -0.2) is 0 Å². The van der Waals surface area contributed by atoms with Gasteiger partial charge in [0.15, 0.2) is 5.79 Å². The van der Waals surface area contributed by atoms with E-state index in [1.165, 1.54) is 0 Å². The number of fused-ring (bicyclic) bond motifs is 4. The Labute approximate surface area is 176 Å². The molecule has 0 N–H and O–H groups in total. The summed E-state index contributed by atoms with van der Waals surface area (Å²) in [6.07, 6.45) is 4.33. The number of carbonyl (C=O) groups is 2. The van der Waals surface area contributed by atoms with Gasteiger partial charge in [-0.3, -0.25) is 14.5 Å². The third-order valence-electron chi connectivity index (χ3n) is 8.10. The van der Waals surface area contributed by atoms with Crippen molar-refractivity contribution >= 4 is 17.5 Å². The first-order valence-corrected chi connectivity index (χ1v) is 11.3. The second kappa shape index (κ2) is 6.52. The number of para-hydroxylation sites is 1. The van der Waals surface area contributed by atoms with Gasteiger partial charge in [-0.05, 0) is 31.9 Å². The first-order valence-electron chi connectivity index (χ1n) is 11.3. The molecule has 6 rings (SSSR count). The third kappa shape index (κ3) is 2.31. The Morgan fingerprint density at radius 2 is 1.83 bits per heavy atom. The van der Waals surface area contributed by atoms with Gasteiger partial charge in [0.05, 0.1) is 19.1 Å². The number of nitrogens with zero attached hydrogens (tertiary/aromatic N) is 3. The van der Waals surface area contributed by atoms with Gasteiger partial charge in [-0.1, -0.05) is 18.2 Å². The Bertz CT molecular complexity index is 888. The Morgan fingerprint density at radius 1 is 1.10 bits per heavy atom. The van der Waals surface area contributed by atoms with Crippen LogP contribution in [0.1, 0.15) is 37.7 Å². The fraction of sp³-hybridized carbons (Fsp3) is 0.652. The summed E-state index contributed by atoms with van der Waals surface area (Å²) in [5, 5.41) is 0. The maximum Gasteiger partial charge on any atom is 0.252 e. The lowest BCUT2D eigenvalue weighted by Crippen LogP contribution is -2.57. The maximum absolute atomic E-state index is 13.9. The minimum atomic E-state index is -0.848. The predicted octanol–water partition coefficient (Wildman–Crippen LogP) is 1.71. The fourth-order valence-corrected chi connectivity index (χ4v) is 6.72. The highest BCUT2D eigenvalue weighted by Crippen LogP contribution is 2.57. The molecule has 5 aliphatic rings. The van der Waals surface area contributed by atoms with E-state index in [0.717, 1.165) is 37.1 Å². The highest BCUT2D eigenvalue weighted by molar-refractivity contribution is 6.10. The van der Waals surface area contributed by atoms with Crippen LogP contribution in [-0.2, 0) is 24.6 Å². The van der Waals surface area contributed by atoms with Gasteiger partial charge in [0, 0.05) is 50.3 Å². The van der Waals surface area contributed by atoms with Gasteiger partial charge in [0.25, 0.3) is 5.91 Å². The zero-order chi connectivity index (χ0) is 20.5. The summed E-state index contributed by atoms with van der Waals surface area (Å²) in [6.45, 7) is 3.40. The van der Waals surface area contributed by atoms with Gasteiger partial charge < -0.3 is 19.3 Å². The standard InChI is InChI=1S/C23H29N3O4/c1-24-19-7-3-2-6-17(19)23(21(24)28)18(15-16-5-4-10-26(16)23)20(27)25-11-8-22(9-12-25)29-13-14-30-22/h2-3,6-7,16,18H,4-5,8-15H2,1H3. The van der Waals surface area contributed by atoms with Crippen molar-refractivity contribution in [2.75, 3.05) is 44.8 Å². The van der Waals surface area contributed by atoms with Crippen molar-refractivity contribution in [3.63, 3.8) is 0 Å². The number of hydrogen-bond donors (Lipinski definition) is 0. The van der Waals surface area contributed by atoms with E-state index in [9.17, 15) is 9.59 Å². The van der Waals surface area contributed by atoms with E-state index in [-0.39, 0.29) is 17.7 Å². The molecule has 4 fully saturated rings. The molecule has 3 atom stereocenters. The Balaban J connectivity index is 1.36. The zero-order valence-corrected chi connectivity index (χ0v) is 17.5. The average Bonchev–Trinajstić information content (AvgIpc) is 3.52. The van der Waals surface area contributed by atoms with E-state index >= 15 is 0 Å². The molecule has 4 saturated heterocycles. The van der Waals surface area contributed by atoms with E-state index in [1.54, 1.807) is 4.90 Å². The number of amides is 2. The van der Waals surface area contributed by atoms with Crippen molar-refractivity contribution in [1.82, 2.24) is 9.80 Å². The van der Waals surface area contributed by atoms with Crippen LogP contribution in [0.5, 0.6) is 0 Å². The molecular weight excluding hydrogens is 382 g/mol. The summed E-state index contributed by atoms with van der Waals surface area (Å²) in [5.41, 5.74) is 1.11. The first kappa shape index (κ1) is 18.8. The summed E-state index contributed by atoms with van der Waals surface area (Å²) in [4.78, 5) is 33.8. The Hall–Kier alpha value is -1.96. The molecule has 0 saturated carbocycles. The smallest absolute Gasteiger partial charge is 0.252 e. The van der Waals surface area contributed by atoms with Crippen LogP contribution in [0.15, 0.2) is 24.3 Å².